The zero-order valence-electron chi connectivity index (χ0n) is 12.5. The van der Waals surface area contributed by atoms with Crippen LogP contribution in [0.25, 0.3) is 10.9 Å². The van der Waals surface area contributed by atoms with E-state index in [2.05, 4.69) is 26.9 Å². The summed E-state index contributed by atoms with van der Waals surface area (Å²) in [5.74, 6) is -0.686. The number of halogens is 3. The van der Waals surface area contributed by atoms with Crippen LogP contribution in [-0.2, 0) is 7.05 Å². The van der Waals surface area contributed by atoms with E-state index in [4.69, 9.17) is 12.2 Å². The number of azo groups is 1. The first-order chi connectivity index (χ1) is 11.2. The Bertz CT molecular complexity index is 814. The van der Waals surface area contributed by atoms with Gasteiger partial charge in [-0.05, 0) is 30.4 Å². The molecule has 1 aromatic heterocycles. The number of nitrogens with one attached hydrogen (secondary N) is 1. The lowest BCUT2D eigenvalue weighted by molar-refractivity contribution is -0.274. The molecule has 0 saturated carbocycles. The molecule has 2 rings (SSSR count). The minimum Gasteiger partial charge on any atom is -0.493 e. The van der Waals surface area contributed by atoms with Crippen molar-refractivity contribution in [3.05, 3.63) is 30.9 Å². The molecule has 10 heteroatoms. The summed E-state index contributed by atoms with van der Waals surface area (Å²) >= 11 is 4.91. The van der Waals surface area contributed by atoms with Crippen LogP contribution >= 0.6 is 12.2 Å². The van der Waals surface area contributed by atoms with Crippen LogP contribution in [0.15, 0.2) is 41.1 Å². The molecule has 2 N–H and O–H groups in total. The molecule has 0 aliphatic heterocycles. The average molecular weight is 358 g/mol. The molecule has 0 fully saturated rings. The highest BCUT2D eigenvalue weighted by Gasteiger charge is 2.31. The second kappa shape index (κ2) is 6.87. The Morgan fingerprint density at radius 1 is 1.50 bits per heavy atom. The molecule has 0 aliphatic rings. The highest BCUT2D eigenvalue weighted by atomic mass is 32.1. The van der Waals surface area contributed by atoms with E-state index in [0.29, 0.717) is 12.1 Å². The summed E-state index contributed by atoms with van der Waals surface area (Å²) < 4.78 is 42.3. The molecule has 0 saturated heterocycles. The first-order valence-corrected chi connectivity index (χ1v) is 7.01. The molecule has 1 aromatic carbocycles. The smallest absolute Gasteiger partial charge is 0.493 e. The summed E-state index contributed by atoms with van der Waals surface area (Å²) in [4.78, 5) is 0. The molecule has 128 valence electrons. The molecular formula is C14H13F3N4O2S. The summed E-state index contributed by atoms with van der Waals surface area (Å²) in [5.41, 5.74) is 0.448. The van der Waals surface area contributed by atoms with E-state index in [1.165, 1.54) is 17.7 Å². The normalized spacial score (nSPS) is 11.8. The molecule has 24 heavy (non-hydrogen) atoms. The van der Waals surface area contributed by atoms with Crippen molar-refractivity contribution in [2.24, 2.45) is 17.3 Å². The van der Waals surface area contributed by atoms with Gasteiger partial charge in [0, 0.05) is 19.0 Å². The highest BCUT2D eigenvalue weighted by Crippen LogP contribution is 2.40. The number of aryl methyl sites for hydroxylation is 1. The maximum absolute atomic E-state index is 12.3. The molecular weight excluding hydrogens is 345 g/mol. The van der Waals surface area contributed by atoms with Crippen LogP contribution in [-0.4, -0.2) is 27.7 Å². The third kappa shape index (κ3) is 4.02. The Morgan fingerprint density at radius 2 is 2.21 bits per heavy atom. The van der Waals surface area contributed by atoms with E-state index in [9.17, 15) is 18.3 Å². The van der Waals surface area contributed by atoms with E-state index in [1.54, 1.807) is 6.08 Å². The first kappa shape index (κ1) is 17.7. The molecule has 0 aliphatic carbocycles. The average Bonchev–Trinajstić information content (AvgIpc) is 2.73. The summed E-state index contributed by atoms with van der Waals surface area (Å²) in [5, 5.41) is 20.6. The quantitative estimate of drug-likeness (QED) is 0.494. The Labute approximate surface area is 140 Å². The molecule has 0 atom stereocenters. The van der Waals surface area contributed by atoms with Crippen LogP contribution in [0.5, 0.6) is 11.6 Å². The molecule has 0 radical (unpaired) electrons. The number of rotatable bonds is 4. The topological polar surface area (TPSA) is 71.1 Å². The minimum atomic E-state index is -4.82. The van der Waals surface area contributed by atoms with Crippen LogP contribution in [0.3, 0.4) is 0 Å². The zero-order valence-corrected chi connectivity index (χ0v) is 13.3. The van der Waals surface area contributed by atoms with Crippen LogP contribution in [0.1, 0.15) is 0 Å². The maximum Gasteiger partial charge on any atom is 0.573 e. The van der Waals surface area contributed by atoms with E-state index in [-0.39, 0.29) is 22.1 Å². The lowest BCUT2D eigenvalue weighted by atomic mass is 10.2. The van der Waals surface area contributed by atoms with Gasteiger partial charge in [-0.3, -0.25) is 0 Å². The summed E-state index contributed by atoms with van der Waals surface area (Å²) in [6.45, 7) is 3.88. The number of ether oxygens (including phenoxy) is 1. The molecule has 6 nitrogen and oxygen atoms in total. The van der Waals surface area contributed by atoms with Crippen molar-refractivity contribution in [3.8, 4) is 11.6 Å². The molecule has 0 spiro atoms. The van der Waals surface area contributed by atoms with E-state index < -0.39 is 12.1 Å². The molecule has 0 amide bonds. The van der Waals surface area contributed by atoms with Crippen molar-refractivity contribution < 1.29 is 23.0 Å². The molecule has 0 bridgehead atoms. The number of hydrogen-bond acceptors (Lipinski definition) is 4. The molecule has 2 aromatic rings. The van der Waals surface area contributed by atoms with Crippen LogP contribution in [0.2, 0.25) is 0 Å². The molecule has 1 heterocycles. The number of benzene rings is 1. The van der Waals surface area contributed by atoms with Crippen molar-refractivity contribution in [3.63, 3.8) is 0 Å². The standard InChI is InChI=1S/C14H13F3N4O2S/c1-3-6-18-13(24)20-19-11-9-7-8(23-14(15,16)17)4-5-10(9)21(2)12(11)22/h3-5,7,22H,1,6H2,2H3,(H,18,24). The maximum atomic E-state index is 12.3. The lowest BCUT2D eigenvalue weighted by Gasteiger charge is -2.08. The summed E-state index contributed by atoms with van der Waals surface area (Å²) in [6, 6.07) is 3.65. The fourth-order valence-electron chi connectivity index (χ4n) is 1.98. The second-order valence-corrected chi connectivity index (χ2v) is 5.02. The van der Waals surface area contributed by atoms with Gasteiger partial charge in [-0.2, -0.15) is 0 Å². The van der Waals surface area contributed by atoms with Gasteiger partial charge in [0.1, 0.15) is 5.75 Å². The van der Waals surface area contributed by atoms with Crippen LogP contribution in [0.4, 0.5) is 18.9 Å². The van der Waals surface area contributed by atoms with Gasteiger partial charge in [-0.15, -0.1) is 30.0 Å². The Morgan fingerprint density at radius 3 is 2.83 bits per heavy atom. The third-order valence-corrected chi connectivity index (χ3v) is 3.21. The Balaban J connectivity index is 2.42. The van der Waals surface area contributed by atoms with E-state index in [0.717, 1.165) is 12.1 Å². The fraction of sp³-hybridized carbons (Fsp3) is 0.214. The third-order valence-electron chi connectivity index (χ3n) is 2.99. The summed E-state index contributed by atoms with van der Waals surface area (Å²) in [6.07, 6.45) is -3.25. The van der Waals surface area contributed by atoms with E-state index in [1.807, 2.05) is 0 Å². The van der Waals surface area contributed by atoms with Crippen LogP contribution in [0, 0.1) is 0 Å². The van der Waals surface area contributed by atoms with Gasteiger partial charge >= 0.3 is 6.36 Å². The van der Waals surface area contributed by atoms with Crippen molar-refractivity contribution in [2.75, 3.05) is 6.54 Å². The second-order valence-electron chi connectivity index (χ2n) is 4.63. The van der Waals surface area contributed by atoms with Gasteiger partial charge in [0.15, 0.2) is 5.69 Å². The van der Waals surface area contributed by atoms with Crippen LogP contribution < -0.4 is 10.1 Å². The number of alkyl halides is 3. The first-order valence-electron chi connectivity index (χ1n) is 6.60. The zero-order chi connectivity index (χ0) is 17.9. The number of aromatic nitrogens is 1. The van der Waals surface area contributed by atoms with Crippen molar-refractivity contribution in [2.45, 2.75) is 6.36 Å². The summed E-state index contributed by atoms with van der Waals surface area (Å²) in [7, 11) is 1.54. The predicted octanol–water partition coefficient (Wildman–Crippen LogP) is 3.93. The number of nitrogens with zero attached hydrogens (tertiary/aromatic N) is 3. The van der Waals surface area contributed by atoms with E-state index >= 15 is 0 Å². The van der Waals surface area contributed by atoms with Gasteiger partial charge in [-0.25, -0.2) is 0 Å². The van der Waals surface area contributed by atoms with Crippen molar-refractivity contribution >= 4 is 33.9 Å². The number of aromatic hydroxyl groups is 1. The van der Waals surface area contributed by atoms with Gasteiger partial charge in [0.05, 0.1) is 5.52 Å². The van der Waals surface area contributed by atoms with Gasteiger partial charge in [0.25, 0.3) is 0 Å². The minimum absolute atomic E-state index is 0.0112. The predicted molar refractivity (Wildman–Crippen MR) is 86.6 cm³/mol. The Hall–Kier alpha value is -2.62. The monoisotopic (exact) mass is 358 g/mol. The van der Waals surface area contributed by atoms with Gasteiger partial charge in [-0.1, -0.05) is 6.08 Å². The highest BCUT2D eigenvalue weighted by molar-refractivity contribution is 7.80. The van der Waals surface area contributed by atoms with Gasteiger partial charge in [0.2, 0.25) is 11.0 Å². The Kier molecular flexibility index (Phi) is 5.07. The van der Waals surface area contributed by atoms with Crippen molar-refractivity contribution in [1.82, 2.24) is 9.88 Å². The largest absolute Gasteiger partial charge is 0.573 e. The van der Waals surface area contributed by atoms with Crippen molar-refractivity contribution in [1.29, 1.82) is 0 Å². The number of fused-ring (bicyclic) bond motifs is 1. The lowest BCUT2D eigenvalue weighted by Crippen LogP contribution is -2.18. The van der Waals surface area contributed by atoms with Gasteiger partial charge < -0.3 is 19.7 Å². The fourth-order valence-corrected chi connectivity index (χ4v) is 2.10. The molecule has 0 unspecified atom stereocenters. The number of thiocarbonyl (C=S) groups is 1. The SMILES string of the molecule is C=CCNC(=S)N=Nc1c(O)n(C)c2ccc(OC(F)(F)F)cc12. The number of hydrogen-bond donors (Lipinski definition) is 2.